The lowest BCUT2D eigenvalue weighted by atomic mass is 10.1. The minimum Gasteiger partial charge on any atom is -0.490 e. The van der Waals surface area contributed by atoms with E-state index in [1.807, 2.05) is 0 Å². The van der Waals surface area contributed by atoms with Crippen LogP contribution >= 0.6 is 0 Å². The lowest BCUT2D eigenvalue weighted by molar-refractivity contribution is 0.100. The van der Waals surface area contributed by atoms with E-state index in [4.69, 9.17) is 4.74 Å². The fourth-order valence-electron chi connectivity index (χ4n) is 2.73. The van der Waals surface area contributed by atoms with Crippen molar-refractivity contribution in [3.05, 3.63) is 42.2 Å². The van der Waals surface area contributed by atoms with Gasteiger partial charge in [-0.05, 0) is 12.1 Å². The predicted octanol–water partition coefficient (Wildman–Crippen LogP) is 2.30. The number of piperidine rings is 1. The Morgan fingerprint density at radius 2 is 1.96 bits per heavy atom. The number of amides is 2. The SMILES string of the molecule is O=C(N1C=CNCC1)N1CCC(Oc2ccc(F)c(F)c2)CC1. The third-order valence-electron chi connectivity index (χ3n) is 4.02. The van der Waals surface area contributed by atoms with E-state index in [9.17, 15) is 13.6 Å². The highest BCUT2D eigenvalue weighted by atomic mass is 19.2. The molecule has 0 aliphatic carbocycles. The molecular formula is C16H19F2N3O2. The van der Waals surface area contributed by atoms with Crippen LogP contribution in [0.3, 0.4) is 0 Å². The van der Waals surface area contributed by atoms with Gasteiger partial charge in [0.2, 0.25) is 0 Å². The summed E-state index contributed by atoms with van der Waals surface area (Å²) in [5, 5.41) is 3.05. The number of ether oxygens (including phenoxy) is 1. The minimum atomic E-state index is -0.916. The summed E-state index contributed by atoms with van der Waals surface area (Å²) in [5.41, 5.74) is 0. The highest BCUT2D eigenvalue weighted by Gasteiger charge is 2.27. The molecule has 3 rings (SSSR count). The number of likely N-dealkylation sites (tertiary alicyclic amines) is 1. The highest BCUT2D eigenvalue weighted by Crippen LogP contribution is 2.21. The van der Waals surface area contributed by atoms with Gasteiger partial charge in [0, 0.05) is 57.5 Å². The summed E-state index contributed by atoms with van der Waals surface area (Å²) in [7, 11) is 0. The maximum Gasteiger partial charge on any atom is 0.324 e. The first-order chi connectivity index (χ1) is 11.1. The first kappa shape index (κ1) is 15.6. The predicted molar refractivity (Wildman–Crippen MR) is 80.8 cm³/mol. The summed E-state index contributed by atoms with van der Waals surface area (Å²) in [6.45, 7) is 2.58. The van der Waals surface area contributed by atoms with Gasteiger partial charge in [-0.25, -0.2) is 13.6 Å². The highest BCUT2D eigenvalue weighted by molar-refractivity contribution is 5.75. The summed E-state index contributed by atoms with van der Waals surface area (Å²) in [6, 6.07) is 3.52. The molecule has 0 radical (unpaired) electrons. The summed E-state index contributed by atoms with van der Waals surface area (Å²) >= 11 is 0. The van der Waals surface area contributed by atoms with Crippen LogP contribution in [0.5, 0.6) is 5.75 Å². The molecule has 1 saturated heterocycles. The van der Waals surface area contributed by atoms with Crippen molar-refractivity contribution in [3.8, 4) is 5.75 Å². The molecule has 2 aliphatic rings. The molecule has 0 saturated carbocycles. The van der Waals surface area contributed by atoms with Crippen molar-refractivity contribution < 1.29 is 18.3 Å². The van der Waals surface area contributed by atoms with E-state index in [1.54, 1.807) is 22.2 Å². The van der Waals surface area contributed by atoms with Gasteiger partial charge >= 0.3 is 6.03 Å². The van der Waals surface area contributed by atoms with Gasteiger partial charge in [-0.2, -0.15) is 0 Å². The minimum absolute atomic E-state index is 0.00553. The molecule has 1 N–H and O–H groups in total. The van der Waals surface area contributed by atoms with E-state index in [2.05, 4.69) is 5.32 Å². The third-order valence-corrected chi connectivity index (χ3v) is 4.02. The Bertz CT molecular complexity index is 601. The van der Waals surface area contributed by atoms with E-state index in [0.29, 0.717) is 38.2 Å². The van der Waals surface area contributed by atoms with Crippen molar-refractivity contribution >= 4 is 6.03 Å². The molecule has 7 heteroatoms. The van der Waals surface area contributed by atoms with Crippen LogP contribution in [0.25, 0.3) is 0 Å². The van der Waals surface area contributed by atoms with Crippen molar-refractivity contribution in [2.75, 3.05) is 26.2 Å². The summed E-state index contributed by atoms with van der Waals surface area (Å²) in [5.74, 6) is -1.49. The van der Waals surface area contributed by atoms with Gasteiger partial charge in [0.15, 0.2) is 11.6 Å². The Balaban J connectivity index is 1.51. The van der Waals surface area contributed by atoms with Crippen LogP contribution in [0.1, 0.15) is 12.8 Å². The van der Waals surface area contributed by atoms with Gasteiger partial charge in [-0.3, -0.25) is 4.90 Å². The quantitative estimate of drug-likeness (QED) is 0.908. The molecule has 5 nitrogen and oxygen atoms in total. The Hall–Kier alpha value is -2.31. The molecule has 2 heterocycles. The van der Waals surface area contributed by atoms with Gasteiger partial charge in [0.25, 0.3) is 0 Å². The maximum atomic E-state index is 13.2. The van der Waals surface area contributed by atoms with E-state index in [-0.39, 0.29) is 12.1 Å². The number of nitrogens with zero attached hydrogens (tertiary/aromatic N) is 2. The molecule has 23 heavy (non-hydrogen) atoms. The molecule has 1 aromatic carbocycles. The second-order valence-electron chi connectivity index (χ2n) is 5.63. The molecule has 0 atom stereocenters. The molecule has 0 unspecified atom stereocenters. The average Bonchev–Trinajstić information content (AvgIpc) is 2.59. The zero-order valence-electron chi connectivity index (χ0n) is 12.7. The molecule has 0 bridgehead atoms. The lowest BCUT2D eigenvalue weighted by Gasteiger charge is -2.35. The molecule has 1 aromatic rings. The molecule has 1 fully saturated rings. The molecule has 124 valence electrons. The Morgan fingerprint density at radius 3 is 2.61 bits per heavy atom. The van der Waals surface area contributed by atoms with Crippen LogP contribution in [0.2, 0.25) is 0 Å². The van der Waals surface area contributed by atoms with E-state index >= 15 is 0 Å². The largest absolute Gasteiger partial charge is 0.490 e. The van der Waals surface area contributed by atoms with E-state index < -0.39 is 11.6 Å². The van der Waals surface area contributed by atoms with Gasteiger partial charge in [0.05, 0.1) is 0 Å². The smallest absolute Gasteiger partial charge is 0.324 e. The molecular weight excluding hydrogens is 304 g/mol. The monoisotopic (exact) mass is 323 g/mol. The molecule has 2 aliphatic heterocycles. The Kier molecular flexibility index (Phi) is 4.64. The number of nitrogens with one attached hydrogen (secondary N) is 1. The fourth-order valence-corrected chi connectivity index (χ4v) is 2.73. The fraction of sp³-hybridized carbons (Fsp3) is 0.438. The Labute approximate surface area is 133 Å². The number of carbonyl (C=O) groups excluding carboxylic acids is 1. The van der Waals surface area contributed by atoms with Gasteiger partial charge < -0.3 is 15.0 Å². The molecule has 2 amide bonds. The number of urea groups is 1. The normalized spacial score (nSPS) is 18.7. The molecule has 0 spiro atoms. The van der Waals surface area contributed by atoms with Crippen LogP contribution in [0.15, 0.2) is 30.6 Å². The summed E-state index contributed by atoms with van der Waals surface area (Å²) < 4.78 is 31.8. The van der Waals surface area contributed by atoms with Crippen LogP contribution in [-0.2, 0) is 0 Å². The van der Waals surface area contributed by atoms with Crippen molar-refractivity contribution in [2.24, 2.45) is 0 Å². The van der Waals surface area contributed by atoms with Crippen molar-refractivity contribution in [1.29, 1.82) is 0 Å². The van der Waals surface area contributed by atoms with E-state index in [0.717, 1.165) is 18.7 Å². The van der Waals surface area contributed by atoms with Crippen molar-refractivity contribution in [1.82, 2.24) is 15.1 Å². The van der Waals surface area contributed by atoms with Crippen LogP contribution in [-0.4, -0.2) is 48.1 Å². The number of rotatable bonds is 2. The number of halogens is 2. The second-order valence-corrected chi connectivity index (χ2v) is 5.63. The zero-order chi connectivity index (χ0) is 16.2. The average molecular weight is 323 g/mol. The molecule has 0 aromatic heterocycles. The van der Waals surface area contributed by atoms with Crippen molar-refractivity contribution in [3.63, 3.8) is 0 Å². The zero-order valence-corrected chi connectivity index (χ0v) is 12.7. The number of hydrogen-bond acceptors (Lipinski definition) is 3. The van der Waals surface area contributed by atoms with Crippen LogP contribution in [0.4, 0.5) is 13.6 Å². The number of benzene rings is 1. The number of hydrogen-bond donors (Lipinski definition) is 1. The van der Waals surface area contributed by atoms with E-state index in [1.165, 1.54) is 6.07 Å². The number of carbonyl (C=O) groups is 1. The van der Waals surface area contributed by atoms with Crippen LogP contribution in [0, 0.1) is 11.6 Å². The van der Waals surface area contributed by atoms with Gasteiger partial charge in [-0.15, -0.1) is 0 Å². The van der Waals surface area contributed by atoms with Gasteiger partial charge in [0.1, 0.15) is 11.9 Å². The topological polar surface area (TPSA) is 44.8 Å². The van der Waals surface area contributed by atoms with Crippen LogP contribution < -0.4 is 10.1 Å². The maximum absolute atomic E-state index is 13.2. The first-order valence-corrected chi connectivity index (χ1v) is 7.71. The van der Waals surface area contributed by atoms with Crippen molar-refractivity contribution in [2.45, 2.75) is 18.9 Å². The van der Waals surface area contributed by atoms with Gasteiger partial charge in [-0.1, -0.05) is 0 Å². The Morgan fingerprint density at radius 1 is 1.17 bits per heavy atom. The summed E-state index contributed by atoms with van der Waals surface area (Å²) in [6.07, 6.45) is 4.75. The second kappa shape index (κ2) is 6.85. The summed E-state index contributed by atoms with van der Waals surface area (Å²) in [4.78, 5) is 15.8. The third kappa shape index (κ3) is 3.72. The first-order valence-electron chi connectivity index (χ1n) is 7.71. The lowest BCUT2D eigenvalue weighted by Crippen LogP contribution is -2.48. The standard InChI is InChI=1S/C16H19F2N3O2/c17-14-2-1-13(11-15(14)18)23-12-3-7-20(8-4-12)16(22)21-9-5-19-6-10-21/h1-2,5,9,11-12,19H,3-4,6-8,10H2.